The molecule has 2 heterocycles. The van der Waals surface area contributed by atoms with E-state index >= 15 is 0 Å². The maximum Gasteiger partial charge on any atom is 0.237 e. The van der Waals surface area contributed by atoms with Crippen molar-refractivity contribution < 1.29 is 18.7 Å². The Morgan fingerprint density at radius 3 is 2.03 bits per heavy atom. The van der Waals surface area contributed by atoms with E-state index in [0.717, 1.165) is 44.6 Å². The number of carbonyl (C=O) groups excluding carboxylic acids is 1. The molecule has 0 aliphatic carbocycles. The molecule has 1 aromatic carbocycles. The van der Waals surface area contributed by atoms with Crippen LogP contribution in [0, 0.1) is 11.7 Å². The van der Waals surface area contributed by atoms with E-state index in [9.17, 15) is 9.18 Å². The van der Waals surface area contributed by atoms with Crippen molar-refractivity contribution in [3.8, 4) is 0 Å². The van der Waals surface area contributed by atoms with Crippen molar-refractivity contribution in [2.45, 2.75) is 38.8 Å². The first-order valence-corrected chi connectivity index (χ1v) is 11.3. The minimum absolute atomic E-state index is 0.00509. The van der Waals surface area contributed by atoms with Crippen molar-refractivity contribution >= 4 is 5.91 Å². The number of hydrogen-bond acceptors (Lipinski definition) is 5. The van der Waals surface area contributed by atoms with E-state index in [1.807, 2.05) is 12.1 Å². The van der Waals surface area contributed by atoms with Gasteiger partial charge in [-0.25, -0.2) is 4.39 Å². The van der Waals surface area contributed by atoms with Crippen LogP contribution in [0.5, 0.6) is 0 Å². The lowest BCUT2D eigenvalue weighted by atomic mass is 9.91. The molecule has 0 saturated carbocycles. The second kappa shape index (κ2) is 11.7. The molecule has 1 aromatic rings. The molecule has 3 rings (SSSR count). The number of amides is 1. The Kier molecular flexibility index (Phi) is 9.05. The number of nitrogens with one attached hydrogen (secondary N) is 1. The maximum atomic E-state index is 13.5. The molecule has 0 unspecified atom stereocenters. The molecular weight excluding hydrogens is 385 g/mol. The van der Waals surface area contributed by atoms with E-state index in [2.05, 4.69) is 29.0 Å². The second-order valence-corrected chi connectivity index (χ2v) is 8.13. The quantitative estimate of drug-likeness (QED) is 0.664. The van der Waals surface area contributed by atoms with Crippen LogP contribution in [0.25, 0.3) is 0 Å². The van der Waals surface area contributed by atoms with E-state index < -0.39 is 0 Å². The SMILES string of the molecule is CCC(CC)[C@@H](C(=O)NC[C@@H](c1ccc(F)cc1)N1CCOCC1)N1CCOCC1. The topological polar surface area (TPSA) is 54.0 Å². The molecule has 6 nitrogen and oxygen atoms in total. The normalized spacial score (nSPS) is 20.8. The van der Waals surface area contributed by atoms with Crippen molar-refractivity contribution in [2.24, 2.45) is 5.92 Å². The highest BCUT2D eigenvalue weighted by Crippen LogP contribution is 2.24. The van der Waals surface area contributed by atoms with Gasteiger partial charge >= 0.3 is 0 Å². The van der Waals surface area contributed by atoms with Gasteiger partial charge in [-0.1, -0.05) is 38.8 Å². The van der Waals surface area contributed by atoms with E-state index in [1.165, 1.54) is 12.1 Å². The second-order valence-electron chi connectivity index (χ2n) is 8.13. The van der Waals surface area contributed by atoms with Gasteiger partial charge in [0.1, 0.15) is 5.82 Å². The first-order chi connectivity index (χ1) is 14.6. The first kappa shape index (κ1) is 23.1. The molecule has 0 radical (unpaired) electrons. The summed E-state index contributed by atoms with van der Waals surface area (Å²) in [6.45, 7) is 10.7. The lowest BCUT2D eigenvalue weighted by Gasteiger charge is -2.39. The molecular formula is C23H36FN3O3. The summed E-state index contributed by atoms with van der Waals surface area (Å²) in [7, 11) is 0. The summed E-state index contributed by atoms with van der Waals surface area (Å²) in [5, 5.41) is 3.24. The van der Waals surface area contributed by atoms with Crippen molar-refractivity contribution in [3.05, 3.63) is 35.6 Å². The molecule has 2 aliphatic heterocycles. The number of halogens is 1. The maximum absolute atomic E-state index is 13.5. The van der Waals surface area contributed by atoms with Gasteiger partial charge < -0.3 is 14.8 Å². The van der Waals surface area contributed by atoms with Gasteiger partial charge in [-0.2, -0.15) is 0 Å². The molecule has 7 heteroatoms. The molecule has 2 atom stereocenters. The Morgan fingerprint density at radius 1 is 0.967 bits per heavy atom. The molecule has 168 valence electrons. The van der Waals surface area contributed by atoms with Crippen LogP contribution >= 0.6 is 0 Å². The van der Waals surface area contributed by atoms with Crippen LogP contribution in [0.2, 0.25) is 0 Å². The molecule has 0 bridgehead atoms. The zero-order valence-corrected chi connectivity index (χ0v) is 18.3. The van der Waals surface area contributed by atoms with Gasteiger partial charge in [0.15, 0.2) is 0 Å². The lowest BCUT2D eigenvalue weighted by Crippen LogP contribution is -2.55. The highest BCUT2D eigenvalue weighted by atomic mass is 19.1. The molecule has 30 heavy (non-hydrogen) atoms. The Morgan fingerprint density at radius 2 is 1.50 bits per heavy atom. The summed E-state index contributed by atoms with van der Waals surface area (Å²) in [6.07, 6.45) is 1.94. The predicted molar refractivity (Wildman–Crippen MR) is 115 cm³/mol. The minimum Gasteiger partial charge on any atom is -0.379 e. The number of ether oxygens (including phenoxy) is 2. The van der Waals surface area contributed by atoms with Crippen LogP contribution in [0.3, 0.4) is 0 Å². The monoisotopic (exact) mass is 421 g/mol. The smallest absolute Gasteiger partial charge is 0.237 e. The third-order valence-corrected chi connectivity index (χ3v) is 6.41. The summed E-state index contributed by atoms with van der Waals surface area (Å²) in [5.74, 6) is 0.159. The van der Waals surface area contributed by atoms with Crippen LogP contribution in [0.15, 0.2) is 24.3 Å². The van der Waals surface area contributed by atoms with Gasteiger partial charge in [0.2, 0.25) is 5.91 Å². The molecule has 2 saturated heterocycles. The fraction of sp³-hybridized carbons (Fsp3) is 0.696. The third-order valence-electron chi connectivity index (χ3n) is 6.41. The summed E-state index contributed by atoms with van der Waals surface area (Å²) >= 11 is 0. The van der Waals surface area contributed by atoms with Crippen LogP contribution in [0.1, 0.15) is 38.3 Å². The summed E-state index contributed by atoms with van der Waals surface area (Å²) in [6, 6.07) is 6.49. The van der Waals surface area contributed by atoms with Crippen LogP contribution in [-0.4, -0.2) is 80.9 Å². The van der Waals surface area contributed by atoms with E-state index in [0.29, 0.717) is 38.9 Å². The minimum atomic E-state index is -0.246. The molecule has 2 aliphatic rings. The van der Waals surface area contributed by atoms with Gasteiger partial charge in [0.25, 0.3) is 0 Å². The van der Waals surface area contributed by atoms with Gasteiger partial charge in [-0.15, -0.1) is 0 Å². The summed E-state index contributed by atoms with van der Waals surface area (Å²) < 4.78 is 24.5. The molecule has 1 amide bonds. The van der Waals surface area contributed by atoms with Crippen LogP contribution in [0.4, 0.5) is 4.39 Å². The number of benzene rings is 1. The van der Waals surface area contributed by atoms with E-state index in [-0.39, 0.29) is 23.8 Å². The number of morpholine rings is 2. The lowest BCUT2D eigenvalue weighted by molar-refractivity contribution is -0.131. The molecule has 0 aromatic heterocycles. The van der Waals surface area contributed by atoms with Crippen molar-refractivity contribution in [3.63, 3.8) is 0 Å². The fourth-order valence-electron chi connectivity index (χ4n) is 4.60. The van der Waals surface area contributed by atoms with E-state index in [4.69, 9.17) is 9.47 Å². The number of nitrogens with zero attached hydrogens (tertiary/aromatic N) is 2. The summed E-state index contributed by atoms with van der Waals surface area (Å²) in [4.78, 5) is 18.0. The van der Waals surface area contributed by atoms with Crippen molar-refractivity contribution in [2.75, 3.05) is 59.2 Å². The van der Waals surface area contributed by atoms with Crippen LogP contribution < -0.4 is 5.32 Å². The average Bonchev–Trinajstić information content (AvgIpc) is 2.79. The number of carbonyl (C=O) groups is 1. The summed E-state index contributed by atoms with van der Waals surface area (Å²) in [5.41, 5.74) is 1.02. The Bertz CT molecular complexity index is 642. The zero-order valence-electron chi connectivity index (χ0n) is 18.3. The Labute approximate surface area is 179 Å². The van der Waals surface area contributed by atoms with Crippen molar-refractivity contribution in [1.82, 2.24) is 15.1 Å². The molecule has 0 spiro atoms. The Hall–Kier alpha value is -1.54. The van der Waals surface area contributed by atoms with E-state index in [1.54, 1.807) is 0 Å². The zero-order chi connectivity index (χ0) is 21.3. The van der Waals surface area contributed by atoms with Gasteiger partial charge in [0.05, 0.1) is 38.5 Å². The predicted octanol–water partition coefficient (Wildman–Crippen LogP) is 2.45. The first-order valence-electron chi connectivity index (χ1n) is 11.3. The van der Waals surface area contributed by atoms with Crippen LogP contribution in [-0.2, 0) is 14.3 Å². The third kappa shape index (κ3) is 6.00. The van der Waals surface area contributed by atoms with Crippen molar-refractivity contribution in [1.29, 1.82) is 0 Å². The fourth-order valence-corrected chi connectivity index (χ4v) is 4.60. The largest absolute Gasteiger partial charge is 0.379 e. The van der Waals surface area contributed by atoms with Gasteiger partial charge in [0, 0.05) is 32.7 Å². The number of hydrogen-bond donors (Lipinski definition) is 1. The van der Waals surface area contributed by atoms with Gasteiger partial charge in [-0.3, -0.25) is 14.6 Å². The standard InChI is InChI=1S/C23H36FN3O3/c1-3-18(4-2)22(27-11-15-30-16-12-27)23(28)25-17-21(26-9-13-29-14-10-26)19-5-7-20(24)8-6-19/h5-8,18,21-22H,3-4,9-17H2,1-2H3,(H,25,28)/t21-,22-/m0/s1. The molecule has 2 fully saturated rings. The highest BCUT2D eigenvalue weighted by molar-refractivity contribution is 5.82. The Balaban J connectivity index is 1.72. The average molecular weight is 422 g/mol. The number of rotatable bonds is 9. The molecule has 1 N–H and O–H groups in total. The highest BCUT2D eigenvalue weighted by Gasteiger charge is 2.33. The van der Waals surface area contributed by atoms with Gasteiger partial charge in [-0.05, 0) is 23.6 Å².